The number of para-hydroxylation sites is 1. The maximum atomic E-state index is 13.5. The Hall–Kier alpha value is -2.07. The average Bonchev–Trinajstić information content (AvgIpc) is 2.88. The number of nitrogens with two attached hydrogens (primary N) is 1. The standard InChI is InChI=1S/C17H18FNO2/c18-14-7-12(5-6-19)8-15(9-14)20-10-13-11-21-17-4-2-1-3-16(13)17/h1-4,7-9,13H,5-6,10-11,19H2. The van der Waals surface area contributed by atoms with Gasteiger partial charge in [-0.05, 0) is 36.7 Å². The summed E-state index contributed by atoms with van der Waals surface area (Å²) in [5.41, 5.74) is 7.51. The van der Waals surface area contributed by atoms with Crippen molar-refractivity contribution in [1.82, 2.24) is 0 Å². The van der Waals surface area contributed by atoms with Gasteiger partial charge in [0, 0.05) is 11.6 Å². The largest absolute Gasteiger partial charge is 0.493 e. The molecule has 0 aliphatic carbocycles. The number of benzene rings is 2. The normalized spacial score (nSPS) is 16.4. The van der Waals surface area contributed by atoms with Gasteiger partial charge >= 0.3 is 0 Å². The molecule has 3 rings (SSSR count). The zero-order valence-corrected chi connectivity index (χ0v) is 11.7. The zero-order valence-electron chi connectivity index (χ0n) is 11.7. The molecule has 110 valence electrons. The summed E-state index contributed by atoms with van der Waals surface area (Å²) in [5.74, 6) is 1.35. The summed E-state index contributed by atoms with van der Waals surface area (Å²) in [6.07, 6.45) is 0.642. The summed E-state index contributed by atoms with van der Waals surface area (Å²) in [6, 6.07) is 12.7. The van der Waals surface area contributed by atoms with Crippen molar-refractivity contribution >= 4 is 0 Å². The first kappa shape index (κ1) is 13.9. The van der Waals surface area contributed by atoms with Crippen molar-refractivity contribution in [3.8, 4) is 11.5 Å². The Kier molecular flexibility index (Phi) is 4.06. The van der Waals surface area contributed by atoms with E-state index in [4.69, 9.17) is 15.2 Å². The molecule has 1 aliphatic heterocycles. The van der Waals surface area contributed by atoms with E-state index in [1.54, 1.807) is 0 Å². The molecular formula is C17H18FNO2. The van der Waals surface area contributed by atoms with Crippen molar-refractivity contribution < 1.29 is 13.9 Å². The maximum absolute atomic E-state index is 13.5. The van der Waals surface area contributed by atoms with Gasteiger partial charge in [0.1, 0.15) is 17.3 Å². The van der Waals surface area contributed by atoms with E-state index in [2.05, 4.69) is 0 Å². The first-order valence-corrected chi connectivity index (χ1v) is 7.10. The topological polar surface area (TPSA) is 44.5 Å². The van der Waals surface area contributed by atoms with Gasteiger partial charge in [-0.2, -0.15) is 0 Å². The van der Waals surface area contributed by atoms with E-state index in [9.17, 15) is 4.39 Å². The quantitative estimate of drug-likeness (QED) is 0.919. The van der Waals surface area contributed by atoms with Crippen LogP contribution in [0.5, 0.6) is 11.5 Å². The molecule has 0 saturated heterocycles. The molecule has 0 bridgehead atoms. The lowest BCUT2D eigenvalue weighted by molar-refractivity contribution is 0.247. The minimum Gasteiger partial charge on any atom is -0.493 e. The molecule has 3 nitrogen and oxygen atoms in total. The van der Waals surface area contributed by atoms with Crippen LogP contribution in [0.1, 0.15) is 17.0 Å². The van der Waals surface area contributed by atoms with Gasteiger partial charge in [0.05, 0.1) is 19.1 Å². The molecule has 0 fully saturated rings. The van der Waals surface area contributed by atoms with Crippen molar-refractivity contribution in [1.29, 1.82) is 0 Å². The van der Waals surface area contributed by atoms with Crippen LogP contribution in [0.2, 0.25) is 0 Å². The van der Waals surface area contributed by atoms with Crippen molar-refractivity contribution in [3.63, 3.8) is 0 Å². The van der Waals surface area contributed by atoms with Crippen LogP contribution in [-0.2, 0) is 6.42 Å². The fourth-order valence-corrected chi connectivity index (χ4v) is 2.58. The van der Waals surface area contributed by atoms with Gasteiger partial charge in [-0.1, -0.05) is 18.2 Å². The Morgan fingerprint density at radius 2 is 2.10 bits per heavy atom. The highest BCUT2D eigenvalue weighted by atomic mass is 19.1. The summed E-state index contributed by atoms with van der Waals surface area (Å²) in [6.45, 7) is 1.57. The SMILES string of the molecule is NCCc1cc(F)cc(OCC2COc3ccccc32)c1. The molecule has 1 unspecified atom stereocenters. The maximum Gasteiger partial charge on any atom is 0.127 e. The molecule has 21 heavy (non-hydrogen) atoms. The third-order valence-electron chi connectivity index (χ3n) is 3.61. The van der Waals surface area contributed by atoms with Crippen LogP contribution in [0.3, 0.4) is 0 Å². The lowest BCUT2D eigenvalue weighted by Crippen LogP contribution is -2.12. The zero-order chi connectivity index (χ0) is 14.7. The van der Waals surface area contributed by atoms with Gasteiger partial charge in [-0.25, -0.2) is 4.39 Å². The van der Waals surface area contributed by atoms with Crippen LogP contribution in [0, 0.1) is 5.82 Å². The molecule has 0 radical (unpaired) electrons. The second-order valence-electron chi connectivity index (χ2n) is 5.19. The predicted molar refractivity (Wildman–Crippen MR) is 79.3 cm³/mol. The number of rotatable bonds is 5. The van der Waals surface area contributed by atoms with Crippen LogP contribution in [0.4, 0.5) is 4.39 Å². The van der Waals surface area contributed by atoms with Gasteiger partial charge < -0.3 is 15.2 Å². The van der Waals surface area contributed by atoms with Crippen LogP contribution >= 0.6 is 0 Å². The Balaban J connectivity index is 1.68. The smallest absolute Gasteiger partial charge is 0.127 e. The highest BCUT2D eigenvalue weighted by Crippen LogP contribution is 2.33. The van der Waals surface area contributed by atoms with Crippen molar-refractivity contribution in [2.45, 2.75) is 12.3 Å². The molecule has 0 aromatic heterocycles. The third-order valence-corrected chi connectivity index (χ3v) is 3.61. The Morgan fingerprint density at radius 1 is 1.24 bits per heavy atom. The van der Waals surface area contributed by atoms with E-state index < -0.39 is 0 Å². The number of hydrogen-bond acceptors (Lipinski definition) is 3. The van der Waals surface area contributed by atoms with E-state index in [1.165, 1.54) is 12.1 Å². The van der Waals surface area contributed by atoms with Crippen molar-refractivity contribution in [3.05, 3.63) is 59.4 Å². The first-order chi connectivity index (χ1) is 10.3. The first-order valence-electron chi connectivity index (χ1n) is 7.10. The van der Waals surface area contributed by atoms with Crippen LogP contribution < -0.4 is 15.2 Å². The summed E-state index contributed by atoms with van der Waals surface area (Å²) < 4.78 is 24.9. The summed E-state index contributed by atoms with van der Waals surface area (Å²) in [7, 11) is 0. The van der Waals surface area contributed by atoms with Crippen LogP contribution in [-0.4, -0.2) is 19.8 Å². The third kappa shape index (κ3) is 3.16. The lowest BCUT2D eigenvalue weighted by Gasteiger charge is -2.12. The number of fused-ring (bicyclic) bond motifs is 1. The number of halogens is 1. The summed E-state index contributed by atoms with van der Waals surface area (Å²) in [5, 5.41) is 0. The molecule has 1 heterocycles. The van der Waals surface area contributed by atoms with E-state index in [1.807, 2.05) is 30.3 Å². The fraction of sp³-hybridized carbons (Fsp3) is 0.294. The summed E-state index contributed by atoms with van der Waals surface area (Å²) in [4.78, 5) is 0. The molecule has 1 atom stereocenters. The minimum atomic E-state index is -0.293. The van der Waals surface area contributed by atoms with E-state index >= 15 is 0 Å². The van der Waals surface area contributed by atoms with Gasteiger partial charge in [-0.3, -0.25) is 0 Å². The molecule has 4 heteroatoms. The Bertz CT molecular complexity index is 630. The molecule has 0 amide bonds. The van der Waals surface area contributed by atoms with Crippen LogP contribution in [0.25, 0.3) is 0 Å². The summed E-state index contributed by atoms with van der Waals surface area (Å²) >= 11 is 0. The Morgan fingerprint density at radius 3 is 2.95 bits per heavy atom. The number of ether oxygens (including phenoxy) is 2. The van der Waals surface area contributed by atoms with E-state index in [-0.39, 0.29) is 11.7 Å². The highest BCUT2D eigenvalue weighted by Gasteiger charge is 2.24. The highest BCUT2D eigenvalue weighted by molar-refractivity contribution is 5.40. The molecule has 2 N–H and O–H groups in total. The average molecular weight is 287 g/mol. The molecule has 0 spiro atoms. The van der Waals surface area contributed by atoms with Gasteiger partial charge in [0.15, 0.2) is 0 Å². The predicted octanol–water partition coefficient (Wildman–Crippen LogP) is 2.88. The van der Waals surface area contributed by atoms with Crippen molar-refractivity contribution in [2.75, 3.05) is 19.8 Å². The van der Waals surface area contributed by atoms with Crippen molar-refractivity contribution in [2.24, 2.45) is 5.73 Å². The molecular weight excluding hydrogens is 269 g/mol. The number of hydrogen-bond donors (Lipinski definition) is 1. The molecule has 2 aromatic carbocycles. The molecule has 0 saturated carbocycles. The van der Waals surface area contributed by atoms with Gasteiger partial charge in [0.2, 0.25) is 0 Å². The lowest BCUT2D eigenvalue weighted by atomic mass is 10.0. The van der Waals surface area contributed by atoms with Gasteiger partial charge in [0.25, 0.3) is 0 Å². The van der Waals surface area contributed by atoms with Gasteiger partial charge in [-0.15, -0.1) is 0 Å². The minimum absolute atomic E-state index is 0.183. The molecule has 2 aromatic rings. The van der Waals surface area contributed by atoms with E-state index in [0.717, 1.165) is 16.9 Å². The monoisotopic (exact) mass is 287 g/mol. The van der Waals surface area contributed by atoms with Crippen LogP contribution in [0.15, 0.2) is 42.5 Å². The fourth-order valence-electron chi connectivity index (χ4n) is 2.58. The molecule has 1 aliphatic rings. The second kappa shape index (κ2) is 6.14. The van der Waals surface area contributed by atoms with E-state index in [0.29, 0.717) is 31.9 Å². The Labute approximate surface area is 123 Å². The second-order valence-corrected chi connectivity index (χ2v) is 5.19.